The summed E-state index contributed by atoms with van der Waals surface area (Å²) in [6, 6.07) is 3.06. The first-order valence-electron chi connectivity index (χ1n) is 16.2. The summed E-state index contributed by atoms with van der Waals surface area (Å²) in [5.74, 6) is -7.88. The van der Waals surface area contributed by atoms with E-state index in [0.29, 0.717) is 0 Å². The van der Waals surface area contributed by atoms with Crippen molar-refractivity contribution in [1.82, 2.24) is 0 Å². The number of aliphatic hydroxyl groups excluding tert-OH is 1. The Morgan fingerprint density at radius 1 is 1.02 bits per heavy atom. The maximum absolute atomic E-state index is 15.4. The molecule has 0 aromatic carbocycles. The van der Waals surface area contributed by atoms with Gasteiger partial charge in [0.15, 0.2) is 18.0 Å². The Bertz CT molecular complexity index is 1580. The highest BCUT2D eigenvalue weighted by atomic mass is 16.6. The summed E-state index contributed by atoms with van der Waals surface area (Å²) in [4.78, 5) is 81.1. The third-order valence-corrected chi connectivity index (χ3v) is 11.3. The Morgan fingerprint density at radius 3 is 2.18 bits per heavy atom. The smallest absolute Gasteiger partial charge is 0.351 e. The molecule has 0 radical (unpaired) electrons. The average Bonchev–Trinajstić information content (AvgIpc) is 3.59. The predicted octanol–water partition coefficient (Wildman–Crippen LogP) is 2.79. The van der Waals surface area contributed by atoms with Crippen LogP contribution in [0.1, 0.15) is 73.7 Å². The van der Waals surface area contributed by atoms with Gasteiger partial charge in [0.05, 0.1) is 48.6 Å². The number of hydrogen-bond acceptors (Lipinski definition) is 14. The summed E-state index contributed by atoms with van der Waals surface area (Å²) >= 11 is 0. The molecule has 1 spiro atoms. The molecule has 11 atom stereocenters. The molecular weight excluding hydrogens is 644 g/mol. The zero-order valence-corrected chi connectivity index (χ0v) is 29.1. The number of furan rings is 1. The van der Waals surface area contributed by atoms with Crippen LogP contribution < -0.4 is 0 Å². The highest BCUT2D eigenvalue weighted by Gasteiger charge is 2.83. The van der Waals surface area contributed by atoms with E-state index >= 15 is 4.79 Å². The lowest BCUT2D eigenvalue weighted by molar-refractivity contribution is -0.318. The molecule has 14 heteroatoms. The molecule has 2 bridgehead atoms. The number of fused-ring (bicyclic) bond motifs is 2. The van der Waals surface area contributed by atoms with E-state index in [9.17, 15) is 29.1 Å². The fourth-order valence-electron chi connectivity index (χ4n) is 8.90. The molecule has 2 aliphatic carbocycles. The summed E-state index contributed by atoms with van der Waals surface area (Å²) < 4.78 is 41.2. The molecule has 0 amide bonds. The van der Waals surface area contributed by atoms with Crippen LogP contribution in [0.3, 0.4) is 0 Å². The van der Waals surface area contributed by atoms with Crippen molar-refractivity contribution in [2.45, 2.75) is 104 Å². The Labute approximate surface area is 283 Å². The second kappa shape index (κ2) is 12.1. The van der Waals surface area contributed by atoms with Gasteiger partial charge in [0.1, 0.15) is 23.6 Å². The molecule has 1 aromatic rings. The largest absolute Gasteiger partial charge is 0.469 e. The van der Waals surface area contributed by atoms with Gasteiger partial charge < -0.3 is 37.9 Å². The molecular formula is C35H44O14. The molecule has 4 fully saturated rings. The first-order chi connectivity index (χ1) is 22.7. The highest BCUT2D eigenvalue weighted by Crippen LogP contribution is 2.71. The van der Waals surface area contributed by atoms with Crippen LogP contribution in [0.25, 0.3) is 0 Å². The lowest BCUT2D eigenvalue weighted by Gasteiger charge is -2.62. The summed E-state index contributed by atoms with van der Waals surface area (Å²) in [5.41, 5.74) is -7.20. The number of hydrogen-bond donors (Lipinski definition) is 1. The van der Waals surface area contributed by atoms with Gasteiger partial charge in [-0.05, 0) is 37.5 Å². The van der Waals surface area contributed by atoms with E-state index < -0.39 is 112 Å². The first kappa shape index (κ1) is 36.2. The standard InChI is InChI=1S/C35H44O14/c1-15(2)30(41)47-23-27(45-17(4)36)32(6,7)20(14-21(38)43-10)33(8)24(39)22-16(3)35(49-28(23)33)29(46-18(5)37)31(42)48-26(19-12-11-13-44-19)34(35,9)25(22)40/h11-13,15,20,22-23,25-29,40H,3,14H2,1-2,4-10H3/t20?,22-,23-,25-,26-,27-,28-,29+,33-,34-,35+/m0/s1. The Morgan fingerprint density at radius 2 is 1.65 bits per heavy atom. The minimum atomic E-state index is -2.21. The van der Waals surface area contributed by atoms with Gasteiger partial charge in [-0.1, -0.05) is 34.3 Å². The molecule has 2 saturated heterocycles. The number of Topliss-reactive ketones (excluding diaryl/α,β-unsaturated/α-hetero) is 1. The van der Waals surface area contributed by atoms with Crippen molar-refractivity contribution in [1.29, 1.82) is 0 Å². The number of ketones is 1. The van der Waals surface area contributed by atoms with E-state index in [4.69, 9.17) is 32.8 Å². The van der Waals surface area contributed by atoms with E-state index in [0.717, 1.165) is 13.8 Å². The molecule has 2 aliphatic heterocycles. The summed E-state index contributed by atoms with van der Waals surface area (Å²) in [7, 11) is 1.18. The molecule has 14 nitrogen and oxygen atoms in total. The van der Waals surface area contributed by atoms with E-state index in [2.05, 4.69) is 6.58 Å². The van der Waals surface area contributed by atoms with Gasteiger partial charge in [-0.3, -0.25) is 24.0 Å². The van der Waals surface area contributed by atoms with Crippen LogP contribution in [0.5, 0.6) is 0 Å². The van der Waals surface area contributed by atoms with Gasteiger partial charge in [-0.2, -0.15) is 0 Å². The third-order valence-electron chi connectivity index (χ3n) is 11.3. The second-order valence-corrected chi connectivity index (χ2v) is 14.7. The van der Waals surface area contributed by atoms with Gasteiger partial charge in [-0.25, -0.2) is 4.79 Å². The topological polar surface area (TPSA) is 191 Å². The molecule has 49 heavy (non-hydrogen) atoms. The molecule has 1 unspecified atom stereocenters. The SMILES string of the molecule is C=C1[C@H]2C(=O)[C@]3(C)C(CC(=O)OC)C(C)(C)[C@@H](OC(C)=O)[C@H](OC(=O)C(C)C)[C@@H]3O[C@@]13[C@H](OC(C)=O)C(=O)O[C@@H](c1ccco1)[C@]3(C)[C@H]2O. The van der Waals surface area contributed by atoms with Gasteiger partial charge in [0, 0.05) is 19.3 Å². The van der Waals surface area contributed by atoms with Crippen molar-refractivity contribution in [3.05, 3.63) is 36.3 Å². The monoisotopic (exact) mass is 688 g/mol. The molecule has 1 N–H and O–H groups in total. The van der Waals surface area contributed by atoms with E-state index in [1.165, 1.54) is 33.3 Å². The maximum atomic E-state index is 15.4. The van der Waals surface area contributed by atoms with Crippen LogP contribution >= 0.6 is 0 Å². The predicted molar refractivity (Wildman–Crippen MR) is 165 cm³/mol. The second-order valence-electron chi connectivity index (χ2n) is 14.7. The average molecular weight is 689 g/mol. The van der Waals surface area contributed by atoms with Crippen molar-refractivity contribution < 1.29 is 66.7 Å². The van der Waals surface area contributed by atoms with Crippen LogP contribution in [-0.4, -0.2) is 84.0 Å². The molecule has 3 heterocycles. The minimum Gasteiger partial charge on any atom is -0.469 e. The normalized spacial score (nSPS) is 39.2. The van der Waals surface area contributed by atoms with Crippen molar-refractivity contribution in [2.75, 3.05) is 7.11 Å². The van der Waals surface area contributed by atoms with Crippen molar-refractivity contribution in [3.63, 3.8) is 0 Å². The van der Waals surface area contributed by atoms with Crippen molar-refractivity contribution in [2.24, 2.45) is 34.0 Å². The van der Waals surface area contributed by atoms with Gasteiger partial charge in [-0.15, -0.1) is 0 Å². The maximum Gasteiger partial charge on any atom is 0.351 e. The number of cyclic esters (lactones) is 1. The molecule has 268 valence electrons. The van der Waals surface area contributed by atoms with E-state index in [-0.39, 0.29) is 17.8 Å². The van der Waals surface area contributed by atoms with Crippen LogP contribution in [0.2, 0.25) is 0 Å². The van der Waals surface area contributed by atoms with E-state index in [1.54, 1.807) is 33.8 Å². The Hall–Kier alpha value is -4.04. The Balaban J connectivity index is 1.87. The number of aliphatic hydroxyl groups is 1. The van der Waals surface area contributed by atoms with Crippen LogP contribution in [-0.2, 0) is 57.2 Å². The van der Waals surface area contributed by atoms with Crippen LogP contribution in [0.15, 0.2) is 35.0 Å². The molecule has 4 aliphatic rings. The fourth-order valence-corrected chi connectivity index (χ4v) is 8.90. The first-order valence-corrected chi connectivity index (χ1v) is 16.2. The van der Waals surface area contributed by atoms with E-state index in [1.807, 2.05) is 0 Å². The third kappa shape index (κ3) is 4.96. The van der Waals surface area contributed by atoms with Gasteiger partial charge in [0.2, 0.25) is 6.10 Å². The lowest BCUT2D eigenvalue weighted by Crippen LogP contribution is -2.75. The summed E-state index contributed by atoms with van der Waals surface area (Å²) in [6.07, 6.45) is -8.42. The molecule has 2 saturated carbocycles. The molecule has 1 aromatic heterocycles. The van der Waals surface area contributed by atoms with Crippen LogP contribution in [0.4, 0.5) is 0 Å². The minimum absolute atomic E-state index is 0.0878. The number of carbonyl (C=O) groups is 6. The van der Waals surface area contributed by atoms with Crippen molar-refractivity contribution in [3.8, 4) is 0 Å². The van der Waals surface area contributed by atoms with Gasteiger partial charge >= 0.3 is 29.8 Å². The lowest BCUT2D eigenvalue weighted by atomic mass is 9.49. The zero-order chi connectivity index (χ0) is 36.6. The number of rotatable bonds is 7. The van der Waals surface area contributed by atoms with Crippen LogP contribution in [0, 0.1) is 34.0 Å². The van der Waals surface area contributed by atoms with Gasteiger partial charge in [0.25, 0.3) is 0 Å². The summed E-state index contributed by atoms with van der Waals surface area (Å²) in [5, 5.41) is 12.3. The fraction of sp³-hybridized carbons (Fsp3) is 0.657. The zero-order valence-electron chi connectivity index (χ0n) is 29.1. The number of esters is 5. The van der Waals surface area contributed by atoms with Crippen molar-refractivity contribution >= 4 is 35.6 Å². The quantitative estimate of drug-likeness (QED) is 0.250. The highest BCUT2D eigenvalue weighted by molar-refractivity contribution is 5.95. The number of methoxy groups -OCH3 is 1. The Kier molecular flexibility index (Phi) is 8.93. The molecule has 5 rings (SSSR count). The summed E-state index contributed by atoms with van der Waals surface area (Å²) in [6.45, 7) is 16.0. The number of ether oxygens (including phenoxy) is 6. The number of carbonyl (C=O) groups excluding carboxylic acids is 6.